The van der Waals surface area contributed by atoms with Crippen LogP contribution in [0.25, 0.3) is 0 Å². The normalized spacial score (nSPS) is 10.1. The fraction of sp³-hybridized carbons (Fsp3) is 0.0714. The number of hydrogen-bond acceptors (Lipinski definition) is 1. The number of carbonyl (C=O) groups excluding carboxylic acids is 1. The van der Waals surface area contributed by atoms with Crippen molar-refractivity contribution >= 4 is 40.6 Å². The summed E-state index contributed by atoms with van der Waals surface area (Å²) in [4.78, 5) is 11.8. The summed E-state index contributed by atoms with van der Waals surface area (Å²) in [7, 11) is 0. The van der Waals surface area contributed by atoms with Crippen LogP contribution in [0.5, 0.6) is 0 Å². The molecule has 2 aromatic rings. The first kappa shape index (κ1) is 13.7. The first-order chi connectivity index (χ1) is 9.04. The Bertz CT molecular complexity index is 597. The van der Waals surface area contributed by atoms with Crippen molar-refractivity contribution in [1.29, 1.82) is 0 Å². The van der Waals surface area contributed by atoms with Gasteiger partial charge in [-0.3, -0.25) is 0 Å². The summed E-state index contributed by atoms with van der Waals surface area (Å²) >= 11 is 11.8. The van der Waals surface area contributed by atoms with E-state index in [1.165, 1.54) is 0 Å². The second-order valence-electron chi connectivity index (χ2n) is 4.07. The van der Waals surface area contributed by atoms with Gasteiger partial charge in [0.1, 0.15) is 0 Å². The molecule has 0 aliphatic rings. The number of aryl methyl sites for hydroxylation is 1. The van der Waals surface area contributed by atoms with Crippen LogP contribution in [-0.2, 0) is 0 Å². The van der Waals surface area contributed by atoms with Crippen LogP contribution in [0.4, 0.5) is 16.2 Å². The molecular formula is C14H12Cl2N2O. The lowest BCUT2D eigenvalue weighted by Crippen LogP contribution is -2.19. The SMILES string of the molecule is Cc1ccc(NC(=O)Nc2ccc(Cl)cc2)c(Cl)c1. The molecule has 0 bridgehead atoms. The Morgan fingerprint density at radius 2 is 1.68 bits per heavy atom. The minimum absolute atomic E-state index is 0.354. The summed E-state index contributed by atoms with van der Waals surface area (Å²) < 4.78 is 0. The van der Waals surface area contributed by atoms with Gasteiger partial charge in [0.15, 0.2) is 0 Å². The van der Waals surface area contributed by atoms with Gasteiger partial charge in [-0.1, -0.05) is 29.3 Å². The molecule has 19 heavy (non-hydrogen) atoms. The number of rotatable bonds is 2. The van der Waals surface area contributed by atoms with Gasteiger partial charge in [0.05, 0.1) is 10.7 Å². The number of nitrogens with one attached hydrogen (secondary N) is 2. The maximum absolute atomic E-state index is 11.8. The van der Waals surface area contributed by atoms with Crippen molar-refractivity contribution in [3.8, 4) is 0 Å². The predicted molar refractivity (Wildman–Crippen MR) is 80.3 cm³/mol. The van der Waals surface area contributed by atoms with Crippen LogP contribution in [0.2, 0.25) is 10.0 Å². The van der Waals surface area contributed by atoms with E-state index in [0.717, 1.165) is 5.56 Å². The molecule has 5 heteroatoms. The van der Waals surface area contributed by atoms with Gasteiger partial charge in [-0.2, -0.15) is 0 Å². The van der Waals surface area contributed by atoms with Gasteiger partial charge >= 0.3 is 6.03 Å². The van der Waals surface area contributed by atoms with Gasteiger partial charge in [-0.05, 0) is 48.9 Å². The molecule has 3 nitrogen and oxygen atoms in total. The number of amides is 2. The number of benzene rings is 2. The molecule has 2 N–H and O–H groups in total. The second kappa shape index (κ2) is 5.95. The number of carbonyl (C=O) groups is 1. The summed E-state index contributed by atoms with van der Waals surface area (Å²) in [5, 5.41) is 6.50. The molecule has 0 spiro atoms. The number of halogens is 2. The average molecular weight is 295 g/mol. The molecule has 0 saturated heterocycles. The summed E-state index contributed by atoms with van der Waals surface area (Å²) in [6.07, 6.45) is 0. The third-order valence-electron chi connectivity index (χ3n) is 2.47. The topological polar surface area (TPSA) is 41.1 Å². The van der Waals surface area contributed by atoms with E-state index < -0.39 is 0 Å². The van der Waals surface area contributed by atoms with E-state index in [2.05, 4.69) is 10.6 Å². The molecule has 2 rings (SSSR count). The Labute approximate surface area is 121 Å². The second-order valence-corrected chi connectivity index (χ2v) is 4.91. The van der Waals surface area contributed by atoms with Crippen LogP contribution < -0.4 is 10.6 Å². The monoisotopic (exact) mass is 294 g/mol. The first-order valence-electron chi connectivity index (χ1n) is 5.64. The molecular weight excluding hydrogens is 283 g/mol. The van der Waals surface area contributed by atoms with E-state index in [1.54, 1.807) is 36.4 Å². The molecule has 0 aliphatic heterocycles. The van der Waals surface area contributed by atoms with Crippen LogP contribution in [0.3, 0.4) is 0 Å². The van der Waals surface area contributed by atoms with Crippen LogP contribution in [0, 0.1) is 6.92 Å². The molecule has 0 heterocycles. The molecule has 0 unspecified atom stereocenters. The highest BCUT2D eigenvalue weighted by Gasteiger charge is 2.06. The lowest BCUT2D eigenvalue weighted by atomic mass is 10.2. The third-order valence-corrected chi connectivity index (χ3v) is 3.04. The highest BCUT2D eigenvalue weighted by molar-refractivity contribution is 6.34. The van der Waals surface area contributed by atoms with Gasteiger partial charge in [0.2, 0.25) is 0 Å². The quantitative estimate of drug-likeness (QED) is 0.809. The fourth-order valence-corrected chi connectivity index (χ4v) is 1.95. The molecule has 2 aromatic carbocycles. The summed E-state index contributed by atoms with van der Waals surface area (Å²) in [6, 6.07) is 11.9. The predicted octanol–water partition coefficient (Wildman–Crippen LogP) is 4.95. The van der Waals surface area contributed by atoms with Gasteiger partial charge in [-0.25, -0.2) is 4.79 Å². The van der Waals surface area contributed by atoms with E-state index in [-0.39, 0.29) is 6.03 Å². The van der Waals surface area contributed by atoms with Crippen molar-refractivity contribution in [1.82, 2.24) is 0 Å². The maximum Gasteiger partial charge on any atom is 0.323 e. The highest BCUT2D eigenvalue weighted by Crippen LogP contribution is 2.23. The Morgan fingerprint density at radius 1 is 1.00 bits per heavy atom. The van der Waals surface area contributed by atoms with E-state index in [0.29, 0.717) is 21.4 Å². The van der Waals surface area contributed by atoms with Crippen molar-refractivity contribution in [2.24, 2.45) is 0 Å². The zero-order valence-corrected chi connectivity index (χ0v) is 11.7. The zero-order valence-electron chi connectivity index (χ0n) is 10.2. The average Bonchev–Trinajstić information content (AvgIpc) is 2.36. The van der Waals surface area contributed by atoms with Gasteiger partial charge < -0.3 is 10.6 Å². The van der Waals surface area contributed by atoms with Gasteiger partial charge in [0.25, 0.3) is 0 Å². The van der Waals surface area contributed by atoms with E-state index in [1.807, 2.05) is 13.0 Å². The largest absolute Gasteiger partial charge is 0.323 e. The zero-order chi connectivity index (χ0) is 13.8. The Hall–Kier alpha value is -1.71. The standard InChI is InChI=1S/C14H12Cl2N2O/c1-9-2-7-13(12(16)8-9)18-14(19)17-11-5-3-10(15)4-6-11/h2-8H,1H3,(H2,17,18,19). The van der Waals surface area contributed by atoms with Crippen LogP contribution in [0.1, 0.15) is 5.56 Å². The molecule has 2 amide bonds. The van der Waals surface area contributed by atoms with Crippen molar-refractivity contribution in [3.05, 3.63) is 58.1 Å². The fourth-order valence-electron chi connectivity index (χ4n) is 1.54. The minimum atomic E-state index is -0.354. The van der Waals surface area contributed by atoms with E-state index in [4.69, 9.17) is 23.2 Å². The smallest absolute Gasteiger partial charge is 0.308 e. The Kier molecular flexibility index (Phi) is 4.30. The van der Waals surface area contributed by atoms with Gasteiger partial charge in [-0.15, -0.1) is 0 Å². The summed E-state index contributed by atoms with van der Waals surface area (Å²) in [5.74, 6) is 0. The first-order valence-corrected chi connectivity index (χ1v) is 6.40. The molecule has 0 radical (unpaired) electrons. The number of hydrogen-bond donors (Lipinski definition) is 2. The van der Waals surface area contributed by atoms with Crippen LogP contribution in [0.15, 0.2) is 42.5 Å². The van der Waals surface area contributed by atoms with Crippen LogP contribution >= 0.6 is 23.2 Å². The Balaban J connectivity index is 2.03. The van der Waals surface area contributed by atoms with Crippen molar-refractivity contribution in [2.75, 3.05) is 10.6 Å². The number of anilines is 2. The molecule has 0 saturated carbocycles. The van der Waals surface area contributed by atoms with E-state index in [9.17, 15) is 4.79 Å². The van der Waals surface area contributed by atoms with Crippen molar-refractivity contribution < 1.29 is 4.79 Å². The molecule has 98 valence electrons. The maximum atomic E-state index is 11.8. The van der Waals surface area contributed by atoms with Crippen molar-refractivity contribution in [3.63, 3.8) is 0 Å². The Morgan fingerprint density at radius 3 is 2.32 bits per heavy atom. The molecule has 0 fully saturated rings. The molecule has 0 atom stereocenters. The highest BCUT2D eigenvalue weighted by atomic mass is 35.5. The number of urea groups is 1. The molecule has 0 aromatic heterocycles. The van der Waals surface area contributed by atoms with Crippen LogP contribution in [-0.4, -0.2) is 6.03 Å². The molecule has 0 aliphatic carbocycles. The van der Waals surface area contributed by atoms with Crippen molar-refractivity contribution in [2.45, 2.75) is 6.92 Å². The minimum Gasteiger partial charge on any atom is -0.308 e. The third kappa shape index (κ3) is 3.88. The summed E-state index contributed by atoms with van der Waals surface area (Å²) in [6.45, 7) is 1.93. The lowest BCUT2D eigenvalue weighted by Gasteiger charge is -2.09. The van der Waals surface area contributed by atoms with Gasteiger partial charge in [0, 0.05) is 10.7 Å². The summed E-state index contributed by atoms with van der Waals surface area (Å²) in [5.41, 5.74) is 2.26. The lowest BCUT2D eigenvalue weighted by molar-refractivity contribution is 0.262. The van der Waals surface area contributed by atoms with E-state index >= 15 is 0 Å².